The summed E-state index contributed by atoms with van der Waals surface area (Å²) in [6, 6.07) is 0.408. The Labute approximate surface area is 123 Å². The van der Waals surface area contributed by atoms with Gasteiger partial charge in [0.15, 0.2) is 0 Å². The molecule has 1 saturated heterocycles. The van der Waals surface area contributed by atoms with Gasteiger partial charge in [-0.05, 0) is 45.7 Å². The summed E-state index contributed by atoms with van der Waals surface area (Å²) < 4.78 is 0. The van der Waals surface area contributed by atoms with Gasteiger partial charge in [0.25, 0.3) is 0 Å². The lowest BCUT2D eigenvalue weighted by Gasteiger charge is -2.33. The number of amides is 1. The second kappa shape index (κ2) is 6.44. The molecule has 2 aliphatic rings. The minimum atomic E-state index is 0.00922. The van der Waals surface area contributed by atoms with Gasteiger partial charge < -0.3 is 9.80 Å². The molecule has 0 spiro atoms. The smallest absolute Gasteiger partial charge is 0.241 e. The first-order valence-corrected chi connectivity index (χ1v) is 8.14. The van der Waals surface area contributed by atoms with Gasteiger partial charge in [0, 0.05) is 12.6 Å². The number of hydrogen-bond acceptors (Lipinski definition) is 3. The van der Waals surface area contributed by atoms with Crippen LogP contribution in [0.4, 0.5) is 0 Å². The standard InChI is InChI=1S/C16H31N3O/c1-11(2)14-16(20)19(10-12(3)18(4)5)15(17-14)13-8-6-7-9-13/h11-15,17H,6-10H2,1-5H3. The summed E-state index contributed by atoms with van der Waals surface area (Å²) in [6.07, 6.45) is 5.44. The van der Waals surface area contributed by atoms with E-state index in [2.05, 4.69) is 50.0 Å². The summed E-state index contributed by atoms with van der Waals surface area (Å²) in [4.78, 5) is 17.0. The van der Waals surface area contributed by atoms with Crippen LogP contribution in [0.3, 0.4) is 0 Å². The number of rotatable bonds is 5. The molecule has 4 heteroatoms. The molecule has 0 bridgehead atoms. The lowest BCUT2D eigenvalue weighted by molar-refractivity contribution is -0.132. The van der Waals surface area contributed by atoms with Crippen molar-refractivity contribution in [1.29, 1.82) is 0 Å². The first kappa shape index (κ1) is 15.8. The molecule has 4 nitrogen and oxygen atoms in total. The first-order valence-electron chi connectivity index (χ1n) is 8.14. The quantitative estimate of drug-likeness (QED) is 0.836. The Hall–Kier alpha value is -0.610. The highest BCUT2D eigenvalue weighted by molar-refractivity contribution is 5.84. The fourth-order valence-corrected chi connectivity index (χ4v) is 3.45. The molecule has 1 saturated carbocycles. The zero-order valence-electron chi connectivity index (χ0n) is 13.7. The number of nitrogens with one attached hydrogen (secondary N) is 1. The second-order valence-corrected chi connectivity index (χ2v) is 7.18. The van der Waals surface area contributed by atoms with E-state index in [0.717, 1.165) is 6.54 Å². The maximum atomic E-state index is 12.7. The Kier molecular flexibility index (Phi) is 5.08. The molecule has 3 unspecified atom stereocenters. The molecule has 2 fully saturated rings. The highest BCUT2D eigenvalue weighted by Crippen LogP contribution is 2.33. The average molecular weight is 281 g/mol. The van der Waals surface area contributed by atoms with E-state index in [1.165, 1.54) is 25.7 Å². The monoisotopic (exact) mass is 281 g/mol. The summed E-state index contributed by atoms with van der Waals surface area (Å²) in [6.45, 7) is 7.31. The van der Waals surface area contributed by atoms with E-state index in [-0.39, 0.29) is 12.2 Å². The molecule has 3 atom stereocenters. The Bertz CT molecular complexity index is 337. The van der Waals surface area contributed by atoms with Crippen molar-refractivity contribution in [3.63, 3.8) is 0 Å². The fourth-order valence-electron chi connectivity index (χ4n) is 3.45. The molecule has 0 radical (unpaired) electrons. The zero-order chi connectivity index (χ0) is 14.9. The first-order chi connectivity index (χ1) is 9.41. The largest absolute Gasteiger partial charge is 0.324 e. The van der Waals surface area contributed by atoms with Gasteiger partial charge >= 0.3 is 0 Å². The molecule has 1 heterocycles. The molecule has 2 rings (SSSR count). The molecule has 1 amide bonds. The molecule has 0 aromatic heterocycles. The Morgan fingerprint density at radius 3 is 2.35 bits per heavy atom. The van der Waals surface area contributed by atoms with Gasteiger partial charge in [0.1, 0.15) is 0 Å². The maximum absolute atomic E-state index is 12.7. The molecule has 20 heavy (non-hydrogen) atoms. The van der Waals surface area contributed by atoms with Crippen LogP contribution in [0.5, 0.6) is 0 Å². The van der Waals surface area contributed by atoms with Gasteiger partial charge in [-0.25, -0.2) is 0 Å². The fraction of sp³-hybridized carbons (Fsp3) is 0.938. The van der Waals surface area contributed by atoms with Crippen molar-refractivity contribution < 1.29 is 4.79 Å². The van der Waals surface area contributed by atoms with Crippen molar-refractivity contribution in [1.82, 2.24) is 15.1 Å². The minimum Gasteiger partial charge on any atom is -0.324 e. The summed E-state index contributed by atoms with van der Waals surface area (Å²) in [5.74, 6) is 1.33. The van der Waals surface area contributed by atoms with E-state index < -0.39 is 0 Å². The number of nitrogens with zero attached hydrogens (tertiary/aromatic N) is 2. The van der Waals surface area contributed by atoms with Crippen molar-refractivity contribution in [3.05, 3.63) is 0 Å². The van der Waals surface area contributed by atoms with E-state index in [4.69, 9.17) is 0 Å². The van der Waals surface area contributed by atoms with Gasteiger partial charge in [-0.2, -0.15) is 0 Å². The lowest BCUT2D eigenvalue weighted by Crippen LogP contribution is -2.47. The van der Waals surface area contributed by atoms with Crippen LogP contribution < -0.4 is 5.32 Å². The summed E-state index contributed by atoms with van der Waals surface area (Å²) in [5.41, 5.74) is 0. The summed E-state index contributed by atoms with van der Waals surface area (Å²) >= 11 is 0. The summed E-state index contributed by atoms with van der Waals surface area (Å²) in [7, 11) is 4.17. The highest BCUT2D eigenvalue weighted by Gasteiger charge is 2.44. The van der Waals surface area contributed by atoms with E-state index >= 15 is 0 Å². The van der Waals surface area contributed by atoms with Crippen LogP contribution in [0, 0.1) is 11.8 Å². The van der Waals surface area contributed by atoms with Crippen LogP contribution in [0.15, 0.2) is 0 Å². The van der Waals surface area contributed by atoms with Gasteiger partial charge in [-0.15, -0.1) is 0 Å². The van der Waals surface area contributed by atoms with Crippen LogP contribution >= 0.6 is 0 Å². The van der Waals surface area contributed by atoms with Crippen LogP contribution in [-0.2, 0) is 4.79 Å². The maximum Gasteiger partial charge on any atom is 0.241 e. The van der Waals surface area contributed by atoms with E-state index in [1.807, 2.05) is 0 Å². The molecule has 0 aromatic carbocycles. The Morgan fingerprint density at radius 2 is 1.85 bits per heavy atom. The van der Waals surface area contributed by atoms with E-state index in [9.17, 15) is 4.79 Å². The molecular formula is C16H31N3O. The lowest BCUT2D eigenvalue weighted by atomic mass is 10.0. The third-order valence-electron chi connectivity index (χ3n) is 5.09. The van der Waals surface area contributed by atoms with Crippen molar-refractivity contribution in [2.75, 3.05) is 20.6 Å². The van der Waals surface area contributed by atoms with Crippen LogP contribution in [-0.4, -0.2) is 54.6 Å². The van der Waals surface area contributed by atoms with Crippen LogP contribution in [0.2, 0.25) is 0 Å². The van der Waals surface area contributed by atoms with Gasteiger partial charge in [-0.1, -0.05) is 26.7 Å². The molecule has 1 N–H and O–H groups in total. The molecular weight excluding hydrogens is 250 g/mol. The van der Waals surface area contributed by atoms with Crippen molar-refractivity contribution >= 4 is 5.91 Å². The van der Waals surface area contributed by atoms with Gasteiger partial charge in [-0.3, -0.25) is 10.1 Å². The number of carbonyl (C=O) groups is 1. The third-order valence-corrected chi connectivity index (χ3v) is 5.09. The van der Waals surface area contributed by atoms with Crippen LogP contribution in [0.25, 0.3) is 0 Å². The highest BCUT2D eigenvalue weighted by atomic mass is 16.2. The van der Waals surface area contributed by atoms with Crippen molar-refractivity contribution in [2.24, 2.45) is 11.8 Å². The molecule has 1 aliphatic heterocycles. The van der Waals surface area contributed by atoms with Gasteiger partial charge in [0.2, 0.25) is 5.91 Å². The number of likely N-dealkylation sites (N-methyl/N-ethyl adjacent to an activating group) is 1. The topological polar surface area (TPSA) is 35.6 Å². The van der Waals surface area contributed by atoms with E-state index in [1.54, 1.807) is 0 Å². The van der Waals surface area contributed by atoms with Gasteiger partial charge in [0.05, 0.1) is 12.2 Å². The molecule has 116 valence electrons. The van der Waals surface area contributed by atoms with E-state index in [0.29, 0.717) is 23.8 Å². The van der Waals surface area contributed by atoms with Crippen LogP contribution in [0.1, 0.15) is 46.5 Å². The molecule has 0 aromatic rings. The Morgan fingerprint density at radius 1 is 1.25 bits per heavy atom. The zero-order valence-corrected chi connectivity index (χ0v) is 13.7. The summed E-state index contributed by atoms with van der Waals surface area (Å²) in [5, 5.41) is 3.63. The Balaban J connectivity index is 2.11. The SMILES string of the molecule is CC(C)C1NC(C2CCCC2)N(CC(C)N(C)C)C1=O. The molecule has 1 aliphatic carbocycles. The average Bonchev–Trinajstić information content (AvgIpc) is 2.98. The predicted molar refractivity (Wildman–Crippen MR) is 82.4 cm³/mol. The predicted octanol–water partition coefficient (Wildman–Crippen LogP) is 1.91. The third kappa shape index (κ3) is 3.17. The second-order valence-electron chi connectivity index (χ2n) is 7.18. The number of hydrogen-bond donors (Lipinski definition) is 1. The van der Waals surface area contributed by atoms with Crippen molar-refractivity contribution in [3.8, 4) is 0 Å². The normalized spacial score (nSPS) is 29.9. The minimum absolute atomic E-state index is 0.00922. The number of carbonyl (C=O) groups excluding carboxylic acids is 1. The van der Waals surface area contributed by atoms with Crippen molar-refractivity contribution in [2.45, 2.75) is 64.7 Å².